The number of aromatic nitrogens is 2. The molecule has 5 rings (SSSR count). The molecule has 1 aliphatic heterocycles. The predicted octanol–water partition coefficient (Wildman–Crippen LogP) is 4.92. The van der Waals surface area contributed by atoms with Gasteiger partial charge in [0.05, 0.1) is 18.6 Å². The van der Waals surface area contributed by atoms with Gasteiger partial charge in [0, 0.05) is 19.2 Å². The van der Waals surface area contributed by atoms with Crippen LogP contribution in [0.2, 0.25) is 0 Å². The minimum absolute atomic E-state index is 0.0109. The van der Waals surface area contributed by atoms with Crippen LogP contribution < -0.4 is 26.0 Å². The number of carbonyl (C=O) groups excluding carboxylic acids is 2. The molecule has 0 spiro atoms. The maximum Gasteiger partial charge on any atom is 0.459 e. The Bertz CT molecular complexity index is 1540. The number of ether oxygens (including phenoxy) is 2. The van der Waals surface area contributed by atoms with Crippen LogP contribution in [0.5, 0.6) is 5.75 Å². The lowest BCUT2D eigenvalue weighted by atomic mass is 9.99. The number of hydrogen-bond donors (Lipinski definition) is 4. The van der Waals surface area contributed by atoms with E-state index in [2.05, 4.69) is 39.5 Å². The van der Waals surface area contributed by atoms with Gasteiger partial charge in [-0.2, -0.15) is 10.1 Å². The van der Waals surface area contributed by atoms with Crippen LogP contribution in [0.4, 0.5) is 5.82 Å². The molecule has 15 heteroatoms. The number of nitrogens with zero attached hydrogens (tertiary/aromatic N) is 3. The van der Waals surface area contributed by atoms with Crippen molar-refractivity contribution in [2.24, 2.45) is 22.1 Å². The zero-order chi connectivity index (χ0) is 34.3. The highest BCUT2D eigenvalue weighted by atomic mass is 31.2. The molecule has 0 radical (unpaired) electrons. The number of imidazole rings is 1. The number of hydrogen-bond acceptors (Lipinski definition) is 12. The first kappa shape index (κ1) is 35.6. The van der Waals surface area contributed by atoms with Crippen molar-refractivity contribution < 1.29 is 32.7 Å². The molecule has 2 fully saturated rings. The minimum Gasteiger partial charge on any atom is -0.465 e. The van der Waals surface area contributed by atoms with E-state index in [0.29, 0.717) is 24.0 Å². The second-order valence-corrected chi connectivity index (χ2v) is 14.6. The first-order valence-electron chi connectivity index (χ1n) is 16.7. The molecular weight excluding hydrogens is 637 g/mol. The van der Waals surface area contributed by atoms with Crippen molar-refractivity contribution in [1.82, 2.24) is 25.3 Å². The van der Waals surface area contributed by atoms with E-state index in [1.54, 1.807) is 48.1 Å². The third-order valence-corrected chi connectivity index (χ3v) is 10.2. The summed E-state index contributed by atoms with van der Waals surface area (Å²) in [5.41, 5.74) is 6.88. The van der Waals surface area contributed by atoms with Crippen LogP contribution in [0.25, 0.3) is 6.20 Å². The molecular formula is C33H48N7O7P. The van der Waals surface area contributed by atoms with Gasteiger partial charge in [0.2, 0.25) is 0 Å². The van der Waals surface area contributed by atoms with Crippen LogP contribution in [-0.4, -0.2) is 59.4 Å². The van der Waals surface area contributed by atoms with Crippen LogP contribution in [-0.2, 0) is 28.2 Å². The molecule has 262 valence electrons. The molecule has 14 nitrogen and oxygen atoms in total. The highest BCUT2D eigenvalue weighted by Gasteiger charge is 2.52. The van der Waals surface area contributed by atoms with Crippen LogP contribution in [0.3, 0.4) is 0 Å². The van der Waals surface area contributed by atoms with E-state index >= 15 is 0 Å². The fourth-order valence-electron chi connectivity index (χ4n) is 5.65. The Hall–Kier alpha value is -3.71. The molecule has 2 heterocycles. The van der Waals surface area contributed by atoms with Gasteiger partial charge in [0.25, 0.3) is 0 Å². The zero-order valence-corrected chi connectivity index (χ0v) is 29.0. The lowest BCUT2D eigenvalue weighted by Crippen LogP contribution is -2.44. The molecule has 1 aromatic heterocycles. The first-order chi connectivity index (χ1) is 23.0. The monoisotopic (exact) mass is 685 g/mol. The van der Waals surface area contributed by atoms with Crippen molar-refractivity contribution in [3.8, 4) is 5.75 Å². The van der Waals surface area contributed by atoms with Crippen molar-refractivity contribution in [3.05, 3.63) is 47.9 Å². The SMILES string of the molecule is CCCC(CCC)COC(=O)[C@H](C)N[P@](=O)(OCC1(COC(C)=O)C/C1=C/n1cnc2c1N=C(N)NC2NC1CC1)Oc1ccccc1. The Morgan fingerprint density at radius 1 is 1.17 bits per heavy atom. The number of carbonyl (C=O) groups is 2. The fourth-order valence-corrected chi connectivity index (χ4v) is 7.23. The third-order valence-electron chi connectivity index (χ3n) is 8.54. The van der Waals surface area contributed by atoms with Gasteiger partial charge in [-0.25, -0.2) is 9.55 Å². The number of rotatable bonds is 19. The molecule has 3 aliphatic rings. The van der Waals surface area contributed by atoms with E-state index in [1.807, 2.05) is 6.20 Å². The quantitative estimate of drug-likeness (QED) is 0.116. The molecule has 2 aromatic rings. The summed E-state index contributed by atoms with van der Waals surface area (Å²) in [6.45, 7) is 7.24. The van der Waals surface area contributed by atoms with Gasteiger partial charge in [0.15, 0.2) is 11.8 Å². The Labute approximate surface area is 281 Å². The molecule has 48 heavy (non-hydrogen) atoms. The van der Waals surface area contributed by atoms with Gasteiger partial charge in [-0.1, -0.05) is 44.9 Å². The van der Waals surface area contributed by atoms with Gasteiger partial charge < -0.3 is 25.0 Å². The summed E-state index contributed by atoms with van der Waals surface area (Å²) in [5.74, 6) is 0.405. The van der Waals surface area contributed by atoms with E-state index < -0.39 is 31.1 Å². The van der Waals surface area contributed by atoms with Crippen molar-refractivity contribution in [3.63, 3.8) is 0 Å². The van der Waals surface area contributed by atoms with Crippen molar-refractivity contribution >= 4 is 37.7 Å². The number of nitrogens with one attached hydrogen (secondary N) is 3. The van der Waals surface area contributed by atoms with Crippen molar-refractivity contribution in [2.45, 2.75) is 90.9 Å². The van der Waals surface area contributed by atoms with Crippen molar-refractivity contribution in [2.75, 3.05) is 19.8 Å². The Balaban J connectivity index is 1.32. The number of para-hydroxylation sites is 1. The first-order valence-corrected chi connectivity index (χ1v) is 18.3. The van der Waals surface area contributed by atoms with Crippen LogP contribution in [0.15, 0.2) is 47.2 Å². The summed E-state index contributed by atoms with van der Waals surface area (Å²) in [6.07, 6.45) is 9.83. The predicted molar refractivity (Wildman–Crippen MR) is 181 cm³/mol. The molecule has 0 amide bonds. The lowest BCUT2D eigenvalue weighted by Gasteiger charge is -2.25. The summed E-state index contributed by atoms with van der Waals surface area (Å²) in [4.78, 5) is 33.9. The Morgan fingerprint density at radius 2 is 1.90 bits per heavy atom. The molecule has 2 saturated carbocycles. The molecule has 1 aromatic carbocycles. The van der Waals surface area contributed by atoms with Gasteiger partial charge in [-0.3, -0.25) is 24.0 Å². The number of aliphatic imine (C=N–C) groups is 1. The summed E-state index contributed by atoms with van der Waals surface area (Å²) < 4.78 is 39.0. The molecule has 0 bridgehead atoms. The maximum absolute atomic E-state index is 14.3. The maximum atomic E-state index is 14.3. The summed E-state index contributed by atoms with van der Waals surface area (Å²) in [5, 5.41) is 9.40. The van der Waals surface area contributed by atoms with Gasteiger partial charge in [-0.05, 0) is 62.7 Å². The molecule has 5 N–H and O–H groups in total. The number of nitrogens with two attached hydrogens (primary N) is 1. The highest BCUT2D eigenvalue weighted by Crippen LogP contribution is 2.57. The fraction of sp³-hybridized carbons (Fsp3) is 0.576. The Morgan fingerprint density at radius 3 is 2.56 bits per heavy atom. The summed E-state index contributed by atoms with van der Waals surface area (Å²) in [6, 6.07) is 7.99. The van der Waals surface area contributed by atoms with E-state index in [0.717, 1.165) is 49.8 Å². The van der Waals surface area contributed by atoms with E-state index in [1.165, 1.54) is 6.92 Å². The second kappa shape index (κ2) is 15.7. The second-order valence-electron chi connectivity index (χ2n) is 12.9. The van der Waals surface area contributed by atoms with Crippen LogP contribution in [0.1, 0.15) is 84.5 Å². The lowest BCUT2D eigenvalue weighted by molar-refractivity contribution is -0.147. The Kier molecular flexibility index (Phi) is 11.6. The molecule has 2 unspecified atom stereocenters. The van der Waals surface area contributed by atoms with E-state index in [4.69, 9.17) is 24.3 Å². The standard InChI is InChI=1S/C33H48N7O7P/c1-5-10-24(11-6-2)18-44-31(42)22(3)39-48(43,47-27-12-8-7-9-13-27)46-20-33(19-45-23(4)41)16-25(33)17-40-21-35-28-29(36-26-14-15-26)37-32(34)38-30(28)40/h7-9,12-13,17,21-22,24,26,29,36H,5-6,10-11,14-16,18-20H2,1-4H3,(H,39,43)(H3,34,37,38)/b25-17-/t22-,29?,33?,48-/m0/s1. The molecule has 4 atom stereocenters. The number of fused-ring (bicyclic) bond motifs is 1. The largest absolute Gasteiger partial charge is 0.465 e. The highest BCUT2D eigenvalue weighted by molar-refractivity contribution is 7.52. The van der Waals surface area contributed by atoms with E-state index in [9.17, 15) is 14.2 Å². The topological polar surface area (TPSA) is 180 Å². The van der Waals surface area contributed by atoms with E-state index in [-0.39, 0.29) is 37.9 Å². The number of guanidine groups is 1. The number of benzene rings is 1. The van der Waals surface area contributed by atoms with Crippen molar-refractivity contribution in [1.29, 1.82) is 0 Å². The van der Waals surface area contributed by atoms with Gasteiger partial charge in [-0.15, -0.1) is 0 Å². The molecule has 0 saturated heterocycles. The summed E-state index contributed by atoms with van der Waals surface area (Å²) in [7, 11) is -4.16. The minimum atomic E-state index is -4.16. The van der Waals surface area contributed by atoms with Gasteiger partial charge in [0.1, 0.15) is 36.6 Å². The third kappa shape index (κ3) is 9.46. The van der Waals surface area contributed by atoms with Crippen LogP contribution >= 0.6 is 7.75 Å². The average molecular weight is 686 g/mol. The van der Waals surface area contributed by atoms with Crippen LogP contribution in [0, 0.1) is 11.3 Å². The normalized spacial score (nSPS) is 22.6. The molecule has 2 aliphatic carbocycles. The smallest absolute Gasteiger partial charge is 0.459 e. The average Bonchev–Trinajstić information content (AvgIpc) is 3.96. The van der Waals surface area contributed by atoms with Gasteiger partial charge >= 0.3 is 19.7 Å². The zero-order valence-electron chi connectivity index (χ0n) is 28.1. The number of esters is 2. The summed E-state index contributed by atoms with van der Waals surface area (Å²) >= 11 is 0.